The van der Waals surface area contributed by atoms with Gasteiger partial charge < -0.3 is 14.8 Å². The fraction of sp³-hybridized carbons (Fsp3) is 0.290. The molecule has 1 aliphatic heterocycles. The van der Waals surface area contributed by atoms with E-state index in [0.29, 0.717) is 5.92 Å². The van der Waals surface area contributed by atoms with E-state index >= 15 is 0 Å². The lowest BCUT2D eigenvalue weighted by Crippen LogP contribution is -2.29. The first-order valence-electron chi connectivity index (χ1n) is 12.8. The third kappa shape index (κ3) is 4.22. The number of aromatic nitrogens is 2. The zero-order valence-electron chi connectivity index (χ0n) is 21.7. The van der Waals surface area contributed by atoms with Crippen LogP contribution in [0.1, 0.15) is 72.5 Å². The Bertz CT molecular complexity index is 1370. The second-order valence-electron chi connectivity index (χ2n) is 9.89. The van der Waals surface area contributed by atoms with Crippen LogP contribution < -0.4 is 10.2 Å². The maximum atomic E-state index is 5.96. The molecule has 4 nitrogen and oxygen atoms in total. The van der Waals surface area contributed by atoms with E-state index in [0.717, 1.165) is 22.9 Å². The number of pyridine rings is 1. The lowest BCUT2D eigenvalue weighted by molar-refractivity contribution is 0.565. The average molecular weight is 495 g/mol. The number of thiocarbonyl (C=S) groups is 1. The number of aryl methyl sites for hydroxylation is 2. The highest BCUT2D eigenvalue weighted by atomic mass is 32.1. The molecular weight excluding hydrogens is 460 g/mol. The van der Waals surface area contributed by atoms with Crippen LogP contribution in [0.15, 0.2) is 79.0 Å². The van der Waals surface area contributed by atoms with Crippen molar-refractivity contribution in [3.63, 3.8) is 0 Å². The summed E-state index contributed by atoms with van der Waals surface area (Å²) in [6, 6.07) is 25.9. The van der Waals surface area contributed by atoms with Crippen molar-refractivity contribution in [3.8, 4) is 5.69 Å². The van der Waals surface area contributed by atoms with Gasteiger partial charge in [-0.05, 0) is 91.5 Å². The zero-order chi connectivity index (χ0) is 25.4. The molecule has 36 heavy (non-hydrogen) atoms. The molecule has 0 amide bonds. The van der Waals surface area contributed by atoms with E-state index in [-0.39, 0.29) is 12.1 Å². The van der Waals surface area contributed by atoms with Crippen LogP contribution in [0.3, 0.4) is 0 Å². The van der Waals surface area contributed by atoms with Crippen molar-refractivity contribution in [2.24, 2.45) is 0 Å². The molecule has 0 spiro atoms. The molecule has 0 bridgehead atoms. The Morgan fingerprint density at radius 1 is 0.972 bits per heavy atom. The van der Waals surface area contributed by atoms with Gasteiger partial charge in [0.2, 0.25) is 0 Å². The van der Waals surface area contributed by atoms with Crippen molar-refractivity contribution < 1.29 is 0 Å². The minimum atomic E-state index is -0.0566. The van der Waals surface area contributed by atoms with E-state index < -0.39 is 0 Å². The number of nitrogens with zero attached hydrogens (tertiary/aromatic N) is 3. The summed E-state index contributed by atoms with van der Waals surface area (Å²) in [4.78, 5) is 7.00. The van der Waals surface area contributed by atoms with Gasteiger partial charge in [-0.25, -0.2) is 0 Å². The highest BCUT2D eigenvalue weighted by Gasteiger charge is 2.42. The van der Waals surface area contributed by atoms with Crippen LogP contribution in [-0.2, 0) is 6.42 Å². The van der Waals surface area contributed by atoms with Gasteiger partial charge in [0.05, 0.1) is 17.8 Å². The van der Waals surface area contributed by atoms with E-state index in [1.807, 2.05) is 18.3 Å². The summed E-state index contributed by atoms with van der Waals surface area (Å²) >= 11 is 5.96. The third-order valence-corrected chi connectivity index (χ3v) is 7.65. The van der Waals surface area contributed by atoms with Gasteiger partial charge >= 0.3 is 0 Å². The number of anilines is 1. The average Bonchev–Trinajstić information content (AvgIpc) is 3.39. The summed E-state index contributed by atoms with van der Waals surface area (Å²) in [6.07, 6.45) is 2.85. The second kappa shape index (κ2) is 9.90. The lowest BCUT2D eigenvalue weighted by Gasteiger charge is -2.28. The predicted molar refractivity (Wildman–Crippen MR) is 153 cm³/mol. The Hall–Kier alpha value is -3.44. The minimum Gasteiger partial charge on any atom is -0.351 e. The molecule has 1 saturated heterocycles. The molecule has 2 aromatic heterocycles. The summed E-state index contributed by atoms with van der Waals surface area (Å²) in [5, 5.41) is 4.34. The topological polar surface area (TPSA) is 33.1 Å². The summed E-state index contributed by atoms with van der Waals surface area (Å²) in [6.45, 7) is 11.1. The van der Waals surface area contributed by atoms with Gasteiger partial charge in [-0.3, -0.25) is 4.98 Å². The predicted octanol–water partition coefficient (Wildman–Crippen LogP) is 7.35. The molecule has 1 fully saturated rings. The van der Waals surface area contributed by atoms with Crippen LogP contribution in [0.4, 0.5) is 5.69 Å². The van der Waals surface area contributed by atoms with Crippen molar-refractivity contribution in [1.82, 2.24) is 14.9 Å². The first kappa shape index (κ1) is 24.3. The van der Waals surface area contributed by atoms with Crippen LogP contribution in [0.2, 0.25) is 0 Å². The normalized spacial score (nSPS) is 17.6. The molecule has 1 N–H and O–H groups in total. The minimum absolute atomic E-state index is 0.0222. The smallest absolute Gasteiger partial charge is 0.174 e. The standard InChI is InChI=1S/C31H34N4S/c1-6-23-11-7-8-13-28(23)34-21(4)19-26(22(34)5)30-29(27-12-9-10-18-32-27)33-31(36)35(30)25-16-14-24(15-17-25)20(2)3/h7-20,29-30H,6H2,1-5H3,(H,33,36)/t29-,30+/m1/s1. The van der Waals surface area contributed by atoms with Gasteiger partial charge in [-0.1, -0.05) is 57.2 Å². The first-order valence-corrected chi connectivity index (χ1v) is 13.2. The Balaban J connectivity index is 1.67. The van der Waals surface area contributed by atoms with E-state index in [4.69, 9.17) is 17.2 Å². The summed E-state index contributed by atoms with van der Waals surface area (Å²) in [5.41, 5.74) is 9.71. The van der Waals surface area contributed by atoms with Crippen LogP contribution >= 0.6 is 12.2 Å². The maximum Gasteiger partial charge on any atom is 0.174 e. The van der Waals surface area contributed by atoms with Crippen molar-refractivity contribution >= 4 is 23.0 Å². The second-order valence-corrected chi connectivity index (χ2v) is 10.3. The van der Waals surface area contributed by atoms with Gasteiger partial charge in [0.25, 0.3) is 0 Å². The lowest BCUT2D eigenvalue weighted by atomic mass is 9.96. The van der Waals surface area contributed by atoms with Gasteiger partial charge in [0, 0.05) is 29.0 Å². The summed E-state index contributed by atoms with van der Waals surface area (Å²) < 4.78 is 2.39. The third-order valence-electron chi connectivity index (χ3n) is 7.34. The van der Waals surface area contributed by atoms with Crippen molar-refractivity contribution in [1.29, 1.82) is 0 Å². The van der Waals surface area contributed by atoms with E-state index in [2.05, 4.69) is 110 Å². The van der Waals surface area contributed by atoms with Crippen LogP contribution in [0.25, 0.3) is 5.69 Å². The summed E-state index contributed by atoms with van der Waals surface area (Å²) in [5.74, 6) is 0.484. The van der Waals surface area contributed by atoms with Crippen LogP contribution in [-0.4, -0.2) is 14.7 Å². The Labute approximate surface area is 220 Å². The van der Waals surface area contributed by atoms with Gasteiger partial charge in [-0.2, -0.15) is 0 Å². The van der Waals surface area contributed by atoms with Gasteiger partial charge in [0.1, 0.15) is 0 Å². The molecule has 0 unspecified atom stereocenters. The van der Waals surface area contributed by atoms with E-state index in [9.17, 15) is 0 Å². The number of nitrogens with one attached hydrogen (secondary N) is 1. The molecule has 2 atom stereocenters. The number of hydrogen-bond acceptors (Lipinski definition) is 2. The van der Waals surface area contributed by atoms with Crippen molar-refractivity contribution in [2.45, 2.75) is 59.0 Å². The fourth-order valence-electron chi connectivity index (χ4n) is 5.45. The maximum absolute atomic E-state index is 5.96. The largest absolute Gasteiger partial charge is 0.351 e. The van der Waals surface area contributed by atoms with Crippen molar-refractivity contribution in [3.05, 3.63) is 113 Å². The molecule has 4 aromatic rings. The number of rotatable bonds is 6. The summed E-state index contributed by atoms with van der Waals surface area (Å²) in [7, 11) is 0. The molecular formula is C31H34N4S. The molecule has 184 valence electrons. The molecule has 3 heterocycles. The molecule has 2 aromatic carbocycles. The van der Waals surface area contributed by atoms with Crippen LogP contribution in [0.5, 0.6) is 0 Å². The van der Waals surface area contributed by atoms with Crippen LogP contribution in [0, 0.1) is 13.8 Å². The fourth-order valence-corrected chi connectivity index (χ4v) is 5.80. The highest BCUT2D eigenvalue weighted by Crippen LogP contribution is 2.44. The van der Waals surface area contributed by atoms with Gasteiger partial charge in [-0.15, -0.1) is 0 Å². The molecule has 0 saturated carbocycles. The molecule has 0 aliphatic carbocycles. The van der Waals surface area contributed by atoms with Gasteiger partial charge in [0.15, 0.2) is 5.11 Å². The monoisotopic (exact) mass is 494 g/mol. The van der Waals surface area contributed by atoms with Crippen molar-refractivity contribution in [2.75, 3.05) is 4.90 Å². The molecule has 5 rings (SSSR count). The van der Waals surface area contributed by atoms with E-state index in [1.54, 1.807) is 0 Å². The quantitative estimate of drug-likeness (QED) is 0.284. The molecule has 1 aliphatic rings. The Kier molecular flexibility index (Phi) is 6.67. The Morgan fingerprint density at radius 2 is 1.69 bits per heavy atom. The highest BCUT2D eigenvalue weighted by molar-refractivity contribution is 7.80. The number of para-hydroxylation sites is 1. The molecule has 0 radical (unpaired) electrons. The number of benzene rings is 2. The Morgan fingerprint density at radius 3 is 2.36 bits per heavy atom. The zero-order valence-corrected chi connectivity index (χ0v) is 22.5. The van der Waals surface area contributed by atoms with E-state index in [1.165, 1.54) is 33.8 Å². The first-order chi connectivity index (χ1) is 17.4. The number of hydrogen-bond donors (Lipinski definition) is 1. The SMILES string of the molecule is CCc1ccccc1-n1c(C)cc([C@H]2[C@@H](c3ccccn3)NC(=S)N2c2ccc(C(C)C)cc2)c1C. The molecule has 5 heteroatoms.